The number of carboxylic acid groups (broad SMARTS) is 2. The number of nitrogens with two attached hydrogens (primary N) is 3. The van der Waals surface area contributed by atoms with Gasteiger partial charge >= 0.3 is 17.9 Å². The van der Waals surface area contributed by atoms with E-state index in [0.29, 0.717) is 19.3 Å². The lowest BCUT2D eigenvalue weighted by molar-refractivity contribution is -0.156. The summed E-state index contributed by atoms with van der Waals surface area (Å²) in [5, 5.41) is 24.2. The molecule has 4 unspecified atom stereocenters. The van der Waals surface area contributed by atoms with Crippen LogP contribution in [-0.4, -0.2) is 87.4 Å². The first-order chi connectivity index (χ1) is 18.8. The van der Waals surface area contributed by atoms with E-state index in [9.17, 15) is 38.4 Å². The standard InChI is InChI=1S/C10H15N3O5.C9H18N2O3.C5H7NO3/c11-7(14)3-1-6(10(17)18)13-9(16)5-2-4-8(15)12-5;1-9(2,3)14-8(13)6(10)4-5-7(11)12;7-4-2-1-3(6-4)5(8)9/h5-6H,1-4H2,(H2,11,14)(H,12,15)(H,13,16)(H,17,18);6H,4-5,10H2,1-3H3,(H2,11,12);3H,1-2H2,(H,6,7)(H,8,9). The first-order valence-corrected chi connectivity index (χ1v) is 12.7. The van der Waals surface area contributed by atoms with E-state index in [0.717, 1.165) is 0 Å². The molecule has 4 atom stereocenters. The van der Waals surface area contributed by atoms with E-state index < -0.39 is 65.4 Å². The highest BCUT2D eigenvalue weighted by atomic mass is 16.6. The van der Waals surface area contributed by atoms with E-state index in [4.69, 9.17) is 32.2 Å². The Kier molecular flexibility index (Phi) is 15.6. The molecule has 2 heterocycles. The molecule has 232 valence electrons. The molecular weight excluding hydrogens is 548 g/mol. The van der Waals surface area contributed by atoms with Gasteiger partial charge in [0.1, 0.15) is 29.8 Å². The van der Waals surface area contributed by atoms with Crippen molar-refractivity contribution in [3.05, 3.63) is 0 Å². The molecule has 2 fully saturated rings. The fourth-order valence-electron chi connectivity index (χ4n) is 3.22. The summed E-state index contributed by atoms with van der Waals surface area (Å²) < 4.78 is 5.02. The number of amides is 5. The van der Waals surface area contributed by atoms with Gasteiger partial charge in [-0.25, -0.2) is 9.59 Å². The number of carboxylic acids is 2. The van der Waals surface area contributed by atoms with Crippen molar-refractivity contribution in [1.82, 2.24) is 16.0 Å². The molecule has 0 radical (unpaired) electrons. The maximum Gasteiger partial charge on any atom is 0.326 e. The molecule has 2 saturated heterocycles. The molecule has 5 amide bonds. The van der Waals surface area contributed by atoms with Gasteiger partial charge < -0.3 is 48.1 Å². The van der Waals surface area contributed by atoms with Gasteiger partial charge in [-0.3, -0.25) is 28.8 Å². The topological polar surface area (TPSA) is 300 Å². The van der Waals surface area contributed by atoms with Crippen LogP contribution in [0, 0.1) is 0 Å². The van der Waals surface area contributed by atoms with Gasteiger partial charge in [-0.1, -0.05) is 0 Å². The van der Waals surface area contributed by atoms with Gasteiger partial charge in [0, 0.05) is 25.7 Å². The quantitative estimate of drug-likeness (QED) is 0.115. The Hall–Kier alpha value is -4.28. The fraction of sp³-hybridized carbons (Fsp3) is 0.667. The smallest absolute Gasteiger partial charge is 0.326 e. The molecule has 0 aromatic heterocycles. The van der Waals surface area contributed by atoms with Crippen molar-refractivity contribution in [2.45, 2.75) is 102 Å². The van der Waals surface area contributed by atoms with Crippen LogP contribution >= 0.6 is 0 Å². The number of aliphatic carboxylic acids is 2. The molecule has 41 heavy (non-hydrogen) atoms. The van der Waals surface area contributed by atoms with Crippen molar-refractivity contribution in [1.29, 1.82) is 0 Å². The molecule has 17 heteroatoms. The van der Waals surface area contributed by atoms with E-state index >= 15 is 0 Å². The fourth-order valence-corrected chi connectivity index (χ4v) is 3.22. The number of hydrogen-bond acceptors (Lipinski definition) is 10. The largest absolute Gasteiger partial charge is 0.480 e. The molecule has 0 saturated carbocycles. The average Bonchev–Trinajstić information content (AvgIpc) is 3.47. The zero-order valence-corrected chi connectivity index (χ0v) is 23.3. The number of carbonyl (C=O) groups is 8. The maximum atomic E-state index is 11.6. The molecule has 0 bridgehead atoms. The minimum Gasteiger partial charge on any atom is -0.480 e. The third-order valence-electron chi connectivity index (χ3n) is 5.31. The molecule has 11 N–H and O–H groups in total. The molecule has 0 aliphatic carbocycles. The molecular formula is C24H40N6O11. The SMILES string of the molecule is CC(C)(C)OC(=O)C(N)CCC(N)=O.NC(=O)CCC(NC(=O)C1CCC(=O)N1)C(=O)O.O=C1CCC(C(=O)O)N1. The Morgan fingerprint density at radius 3 is 1.71 bits per heavy atom. The number of ether oxygens (including phenoxy) is 1. The maximum absolute atomic E-state index is 11.6. The van der Waals surface area contributed by atoms with E-state index in [1.807, 2.05) is 0 Å². The van der Waals surface area contributed by atoms with Crippen molar-refractivity contribution < 1.29 is 53.3 Å². The molecule has 0 aromatic carbocycles. The normalized spacial score (nSPS) is 19.0. The van der Waals surface area contributed by atoms with Crippen LogP contribution in [-0.2, 0) is 43.1 Å². The van der Waals surface area contributed by atoms with Crippen LogP contribution in [0.4, 0.5) is 0 Å². The van der Waals surface area contributed by atoms with Crippen molar-refractivity contribution in [3.63, 3.8) is 0 Å². The lowest BCUT2D eigenvalue weighted by Crippen LogP contribution is -2.49. The van der Waals surface area contributed by atoms with Gasteiger partial charge in [0.25, 0.3) is 0 Å². The summed E-state index contributed by atoms with van der Waals surface area (Å²) in [6.07, 6.45) is 1.48. The summed E-state index contributed by atoms with van der Waals surface area (Å²) in [5.74, 6) is -4.75. The summed E-state index contributed by atoms with van der Waals surface area (Å²) in [6.45, 7) is 5.27. The van der Waals surface area contributed by atoms with Gasteiger partial charge in [-0.2, -0.15) is 0 Å². The Morgan fingerprint density at radius 1 is 0.902 bits per heavy atom. The third kappa shape index (κ3) is 17.1. The lowest BCUT2D eigenvalue weighted by Gasteiger charge is -2.21. The van der Waals surface area contributed by atoms with Gasteiger partial charge in [0.2, 0.25) is 29.5 Å². The molecule has 2 rings (SSSR count). The first-order valence-electron chi connectivity index (χ1n) is 12.7. The molecule has 2 aliphatic heterocycles. The number of esters is 1. The van der Waals surface area contributed by atoms with E-state index in [1.54, 1.807) is 20.8 Å². The summed E-state index contributed by atoms with van der Waals surface area (Å²) in [6, 6.07) is -3.30. The summed E-state index contributed by atoms with van der Waals surface area (Å²) >= 11 is 0. The van der Waals surface area contributed by atoms with Crippen LogP contribution in [0.25, 0.3) is 0 Å². The van der Waals surface area contributed by atoms with Crippen LogP contribution in [0.15, 0.2) is 0 Å². The Balaban J connectivity index is 0.000000618. The Labute approximate surface area is 236 Å². The number of nitrogens with one attached hydrogen (secondary N) is 3. The van der Waals surface area contributed by atoms with Crippen LogP contribution in [0.2, 0.25) is 0 Å². The monoisotopic (exact) mass is 588 g/mol. The van der Waals surface area contributed by atoms with E-state index in [-0.39, 0.29) is 43.9 Å². The third-order valence-corrected chi connectivity index (χ3v) is 5.31. The highest BCUT2D eigenvalue weighted by Crippen LogP contribution is 2.10. The highest BCUT2D eigenvalue weighted by Gasteiger charge is 2.30. The van der Waals surface area contributed by atoms with Crippen LogP contribution in [0.1, 0.15) is 72.1 Å². The zero-order valence-electron chi connectivity index (χ0n) is 23.3. The number of carbonyl (C=O) groups excluding carboxylic acids is 6. The second kappa shape index (κ2) is 17.4. The van der Waals surface area contributed by atoms with Gasteiger partial charge in [0.05, 0.1) is 0 Å². The molecule has 0 aromatic rings. The van der Waals surface area contributed by atoms with Crippen molar-refractivity contribution in [2.24, 2.45) is 17.2 Å². The summed E-state index contributed by atoms with van der Waals surface area (Å²) in [4.78, 5) is 86.2. The lowest BCUT2D eigenvalue weighted by atomic mass is 10.1. The summed E-state index contributed by atoms with van der Waals surface area (Å²) in [7, 11) is 0. The van der Waals surface area contributed by atoms with Gasteiger partial charge in [0.15, 0.2) is 0 Å². The second-order valence-corrected chi connectivity index (χ2v) is 10.2. The predicted octanol–water partition coefficient (Wildman–Crippen LogP) is -2.63. The Morgan fingerprint density at radius 2 is 1.37 bits per heavy atom. The minimum absolute atomic E-state index is 0.0723. The van der Waals surface area contributed by atoms with Crippen LogP contribution in [0.5, 0.6) is 0 Å². The van der Waals surface area contributed by atoms with E-state index in [1.165, 1.54) is 0 Å². The van der Waals surface area contributed by atoms with Crippen molar-refractivity contribution in [3.8, 4) is 0 Å². The number of hydrogen-bond donors (Lipinski definition) is 8. The first kappa shape index (κ1) is 36.7. The number of rotatable bonds is 11. The van der Waals surface area contributed by atoms with Crippen molar-refractivity contribution in [2.75, 3.05) is 0 Å². The zero-order chi connectivity index (χ0) is 31.9. The van der Waals surface area contributed by atoms with Gasteiger partial charge in [-0.15, -0.1) is 0 Å². The van der Waals surface area contributed by atoms with Crippen LogP contribution < -0.4 is 33.2 Å². The second-order valence-electron chi connectivity index (χ2n) is 10.2. The molecule has 17 nitrogen and oxygen atoms in total. The predicted molar refractivity (Wildman–Crippen MR) is 140 cm³/mol. The highest BCUT2D eigenvalue weighted by molar-refractivity contribution is 5.93. The van der Waals surface area contributed by atoms with Crippen molar-refractivity contribution >= 4 is 47.4 Å². The molecule has 0 spiro atoms. The Bertz CT molecular complexity index is 995. The minimum atomic E-state index is -1.24. The average molecular weight is 589 g/mol. The molecule has 2 aliphatic rings. The van der Waals surface area contributed by atoms with Crippen LogP contribution in [0.3, 0.4) is 0 Å². The van der Waals surface area contributed by atoms with E-state index in [2.05, 4.69) is 16.0 Å². The van der Waals surface area contributed by atoms with Gasteiger partial charge in [-0.05, 0) is 46.5 Å². The summed E-state index contributed by atoms with van der Waals surface area (Å²) in [5.41, 5.74) is 14.8. The number of primary amides is 2.